The predicted octanol–water partition coefficient (Wildman–Crippen LogP) is 2.01. The Morgan fingerprint density at radius 3 is 3.00 bits per heavy atom. The van der Waals surface area contributed by atoms with E-state index in [9.17, 15) is 4.79 Å². The first-order valence-corrected chi connectivity index (χ1v) is 7.99. The van der Waals surface area contributed by atoms with E-state index in [1.807, 2.05) is 24.8 Å². The lowest BCUT2D eigenvalue weighted by Gasteiger charge is -2.33. The lowest BCUT2D eigenvalue weighted by Crippen LogP contribution is -2.45. The van der Waals surface area contributed by atoms with Crippen LogP contribution in [0.5, 0.6) is 0 Å². The number of fused-ring (bicyclic) bond motifs is 1. The summed E-state index contributed by atoms with van der Waals surface area (Å²) in [6, 6.07) is 1.81. The van der Waals surface area contributed by atoms with Crippen molar-refractivity contribution in [2.24, 2.45) is 5.92 Å². The number of H-pyrrole nitrogens is 1. The zero-order valence-corrected chi connectivity index (χ0v) is 13.3. The number of furan rings is 1. The van der Waals surface area contributed by atoms with Crippen molar-refractivity contribution in [2.75, 3.05) is 13.1 Å². The fourth-order valence-corrected chi connectivity index (χ4v) is 3.52. The number of ether oxygens (including phenoxy) is 1. The molecule has 0 radical (unpaired) electrons. The van der Waals surface area contributed by atoms with Gasteiger partial charge in [0.1, 0.15) is 11.9 Å². The lowest BCUT2D eigenvalue weighted by molar-refractivity contribution is -0.00763. The van der Waals surface area contributed by atoms with Crippen LogP contribution in [0.4, 0.5) is 0 Å². The molecule has 3 atom stereocenters. The maximum Gasteiger partial charge on any atom is 0.289 e. The maximum absolute atomic E-state index is 12.6. The van der Waals surface area contributed by atoms with Gasteiger partial charge in [-0.1, -0.05) is 0 Å². The number of amides is 1. The zero-order chi connectivity index (χ0) is 16.0. The molecule has 2 aliphatic rings. The van der Waals surface area contributed by atoms with E-state index >= 15 is 0 Å². The van der Waals surface area contributed by atoms with Gasteiger partial charge in [0.15, 0.2) is 11.6 Å². The van der Waals surface area contributed by atoms with Gasteiger partial charge in [-0.15, -0.1) is 0 Å². The molecular weight excluding hydrogens is 296 g/mol. The molecule has 1 amide bonds. The maximum atomic E-state index is 12.6. The molecule has 4 rings (SSSR count). The Balaban J connectivity index is 1.45. The van der Waals surface area contributed by atoms with E-state index in [-0.39, 0.29) is 18.1 Å². The van der Waals surface area contributed by atoms with E-state index in [0.29, 0.717) is 18.2 Å². The van der Waals surface area contributed by atoms with Crippen LogP contribution in [0.1, 0.15) is 46.7 Å². The summed E-state index contributed by atoms with van der Waals surface area (Å²) in [6.07, 6.45) is 3.39. The van der Waals surface area contributed by atoms with Crippen molar-refractivity contribution in [3.05, 3.63) is 35.3 Å². The number of hydrogen-bond acceptors (Lipinski definition) is 5. The molecule has 0 saturated carbocycles. The van der Waals surface area contributed by atoms with Gasteiger partial charge >= 0.3 is 0 Å². The van der Waals surface area contributed by atoms with Gasteiger partial charge < -0.3 is 14.1 Å². The fourth-order valence-electron chi connectivity index (χ4n) is 3.52. The second-order valence-electron chi connectivity index (χ2n) is 6.41. The zero-order valence-electron chi connectivity index (χ0n) is 13.3. The summed E-state index contributed by atoms with van der Waals surface area (Å²) >= 11 is 0. The molecule has 2 fully saturated rings. The molecule has 0 unspecified atom stereocenters. The van der Waals surface area contributed by atoms with E-state index in [4.69, 9.17) is 9.15 Å². The van der Waals surface area contributed by atoms with Gasteiger partial charge in [-0.3, -0.25) is 9.89 Å². The summed E-state index contributed by atoms with van der Waals surface area (Å²) in [4.78, 5) is 18.8. The van der Waals surface area contributed by atoms with Crippen LogP contribution in [-0.2, 0) is 4.74 Å². The van der Waals surface area contributed by atoms with E-state index in [0.717, 1.165) is 36.6 Å². The van der Waals surface area contributed by atoms with Crippen LogP contribution >= 0.6 is 0 Å². The highest BCUT2D eigenvalue weighted by Gasteiger charge is 2.42. The number of nitrogens with zero attached hydrogens (tertiary/aromatic N) is 3. The first-order chi connectivity index (χ1) is 11.1. The number of rotatable bonds is 2. The summed E-state index contributed by atoms with van der Waals surface area (Å²) in [7, 11) is 0. The van der Waals surface area contributed by atoms with Crippen molar-refractivity contribution in [3.8, 4) is 0 Å². The lowest BCUT2D eigenvalue weighted by atomic mass is 9.91. The van der Waals surface area contributed by atoms with Crippen LogP contribution in [0, 0.1) is 19.8 Å². The minimum Gasteiger partial charge on any atom is -0.459 e. The van der Waals surface area contributed by atoms with Gasteiger partial charge in [0.25, 0.3) is 5.91 Å². The third kappa shape index (κ3) is 2.55. The van der Waals surface area contributed by atoms with Gasteiger partial charge in [0.2, 0.25) is 0 Å². The molecule has 4 heterocycles. The molecule has 7 heteroatoms. The molecule has 2 saturated heterocycles. The molecule has 7 nitrogen and oxygen atoms in total. The van der Waals surface area contributed by atoms with Gasteiger partial charge in [-0.25, -0.2) is 4.98 Å². The smallest absolute Gasteiger partial charge is 0.289 e. The monoisotopic (exact) mass is 316 g/mol. The summed E-state index contributed by atoms with van der Waals surface area (Å²) in [5.74, 6) is 2.36. The number of likely N-dealkylation sites (tertiary alicyclic amines) is 1. The fraction of sp³-hybridized carbons (Fsp3) is 0.562. The first-order valence-electron chi connectivity index (χ1n) is 7.99. The van der Waals surface area contributed by atoms with Crippen LogP contribution in [0.15, 0.2) is 16.7 Å². The molecule has 2 aliphatic heterocycles. The number of hydrogen-bond donors (Lipinski definition) is 1. The molecule has 0 aliphatic carbocycles. The van der Waals surface area contributed by atoms with Crippen molar-refractivity contribution in [1.82, 2.24) is 20.1 Å². The molecule has 23 heavy (non-hydrogen) atoms. The normalized spacial score (nSPS) is 27.2. The Morgan fingerprint density at radius 2 is 2.30 bits per heavy atom. The topological polar surface area (TPSA) is 84.2 Å². The third-order valence-corrected chi connectivity index (χ3v) is 4.80. The van der Waals surface area contributed by atoms with Crippen molar-refractivity contribution in [3.63, 3.8) is 0 Å². The Labute approximate surface area is 134 Å². The molecule has 0 bridgehead atoms. The molecule has 2 aromatic rings. The first kappa shape index (κ1) is 14.4. The van der Waals surface area contributed by atoms with Crippen LogP contribution in [0.25, 0.3) is 0 Å². The van der Waals surface area contributed by atoms with Crippen molar-refractivity contribution in [2.45, 2.75) is 38.9 Å². The number of aromatic nitrogens is 3. The molecule has 0 spiro atoms. The minimum atomic E-state index is -0.0737. The van der Waals surface area contributed by atoms with Gasteiger partial charge in [-0.2, -0.15) is 5.10 Å². The molecule has 122 valence electrons. The van der Waals surface area contributed by atoms with Crippen LogP contribution in [0.3, 0.4) is 0 Å². The standard InChI is InChI=1S/C16H20N4O3/c1-9-4-6-22-14(9)16(21)20-5-3-11-7-12(23-13(11)8-20)15-17-10(2)18-19-15/h4,6,11-13H,3,5,7-8H2,1-2H3,(H,17,18,19)/t11-,12+,13+/m1/s1. The highest BCUT2D eigenvalue weighted by Crippen LogP contribution is 2.40. The second-order valence-corrected chi connectivity index (χ2v) is 6.41. The van der Waals surface area contributed by atoms with Gasteiger partial charge in [0.05, 0.1) is 12.4 Å². The van der Waals surface area contributed by atoms with Crippen molar-refractivity contribution in [1.29, 1.82) is 0 Å². The summed E-state index contributed by atoms with van der Waals surface area (Å²) in [5, 5.41) is 7.07. The SMILES string of the molecule is Cc1nc([C@@H]2C[C@H]3CCN(C(=O)c4occc4C)C[C@@H]3O2)n[nH]1. The number of piperidine rings is 1. The van der Waals surface area contributed by atoms with Crippen LogP contribution in [0.2, 0.25) is 0 Å². The Hall–Kier alpha value is -2.15. The molecule has 2 aromatic heterocycles. The Kier molecular flexibility index (Phi) is 3.45. The number of nitrogens with one attached hydrogen (secondary N) is 1. The summed E-state index contributed by atoms with van der Waals surface area (Å²) < 4.78 is 11.5. The quantitative estimate of drug-likeness (QED) is 0.916. The Bertz CT molecular complexity index is 722. The number of carbonyl (C=O) groups is 1. The summed E-state index contributed by atoms with van der Waals surface area (Å²) in [6.45, 7) is 5.11. The molecule has 0 aromatic carbocycles. The number of aromatic amines is 1. The number of aryl methyl sites for hydroxylation is 2. The summed E-state index contributed by atoms with van der Waals surface area (Å²) in [5.41, 5.74) is 0.874. The highest BCUT2D eigenvalue weighted by molar-refractivity contribution is 5.92. The van der Waals surface area contributed by atoms with Crippen LogP contribution in [-0.4, -0.2) is 45.2 Å². The molecular formula is C16H20N4O3. The van der Waals surface area contributed by atoms with E-state index < -0.39 is 0 Å². The van der Waals surface area contributed by atoms with Crippen molar-refractivity contribution < 1.29 is 13.9 Å². The largest absolute Gasteiger partial charge is 0.459 e. The minimum absolute atomic E-state index is 0.0479. The Morgan fingerprint density at radius 1 is 1.43 bits per heavy atom. The van der Waals surface area contributed by atoms with E-state index in [1.165, 1.54) is 0 Å². The van der Waals surface area contributed by atoms with Gasteiger partial charge in [-0.05, 0) is 38.7 Å². The highest BCUT2D eigenvalue weighted by atomic mass is 16.5. The second kappa shape index (κ2) is 5.49. The molecule has 1 N–H and O–H groups in total. The van der Waals surface area contributed by atoms with E-state index in [1.54, 1.807) is 6.26 Å². The van der Waals surface area contributed by atoms with E-state index in [2.05, 4.69) is 15.2 Å². The third-order valence-electron chi connectivity index (χ3n) is 4.80. The average Bonchev–Trinajstić information content (AvgIpc) is 3.24. The van der Waals surface area contributed by atoms with Gasteiger partial charge in [0, 0.05) is 18.7 Å². The van der Waals surface area contributed by atoms with Crippen LogP contribution < -0.4 is 0 Å². The predicted molar refractivity (Wildman–Crippen MR) is 80.8 cm³/mol. The average molecular weight is 316 g/mol. The van der Waals surface area contributed by atoms with Crippen molar-refractivity contribution >= 4 is 5.91 Å². The number of carbonyl (C=O) groups excluding carboxylic acids is 1.